The molecule has 0 unspecified atom stereocenters. The molecule has 0 heterocycles. The van der Waals surface area contributed by atoms with Gasteiger partial charge in [-0.2, -0.15) is 0 Å². The fraction of sp³-hybridized carbons (Fsp3) is 0.692. The first kappa shape index (κ1) is 11.5. The van der Waals surface area contributed by atoms with Gasteiger partial charge in [0, 0.05) is 6.54 Å². The van der Waals surface area contributed by atoms with E-state index in [1.54, 1.807) is 11.1 Å². The van der Waals surface area contributed by atoms with Crippen LogP contribution in [0.25, 0.3) is 0 Å². The van der Waals surface area contributed by atoms with Crippen molar-refractivity contribution >= 4 is 0 Å². The lowest BCUT2D eigenvalue weighted by molar-refractivity contribution is 0.477. The molecule has 0 bridgehead atoms. The molecule has 80 valence electrons. The molecule has 0 atom stereocenters. The Morgan fingerprint density at radius 2 is 1.93 bits per heavy atom. The SMILES string of the molecule is CNCC1=C(C)CCC(C(C)(C)C)=C1. The number of nitrogens with one attached hydrogen (secondary N) is 1. The molecule has 1 aliphatic carbocycles. The molecule has 0 saturated carbocycles. The summed E-state index contributed by atoms with van der Waals surface area (Å²) in [7, 11) is 2.01. The lowest BCUT2D eigenvalue weighted by atomic mass is 9.79. The van der Waals surface area contributed by atoms with E-state index in [1.807, 2.05) is 7.05 Å². The quantitative estimate of drug-likeness (QED) is 0.709. The summed E-state index contributed by atoms with van der Waals surface area (Å²) in [4.78, 5) is 0. The first-order valence-corrected chi connectivity index (χ1v) is 5.49. The minimum absolute atomic E-state index is 0.333. The van der Waals surface area contributed by atoms with Gasteiger partial charge in [0.05, 0.1) is 0 Å². The molecular formula is C13H23N. The molecule has 1 aliphatic rings. The number of hydrogen-bond donors (Lipinski definition) is 1. The first-order valence-electron chi connectivity index (χ1n) is 5.49. The maximum absolute atomic E-state index is 3.24. The largest absolute Gasteiger partial charge is 0.316 e. The Hall–Kier alpha value is -0.560. The summed E-state index contributed by atoms with van der Waals surface area (Å²) in [6, 6.07) is 0. The third-order valence-corrected chi connectivity index (χ3v) is 3.00. The monoisotopic (exact) mass is 193 g/mol. The van der Waals surface area contributed by atoms with E-state index >= 15 is 0 Å². The normalized spacial score (nSPS) is 18.5. The Kier molecular flexibility index (Phi) is 3.54. The maximum atomic E-state index is 3.24. The number of likely N-dealkylation sites (N-methyl/N-ethyl adjacent to an activating group) is 1. The maximum Gasteiger partial charge on any atom is 0.0201 e. The van der Waals surface area contributed by atoms with Crippen LogP contribution in [0.2, 0.25) is 0 Å². The van der Waals surface area contributed by atoms with E-state index in [0.717, 1.165) is 6.54 Å². The molecule has 0 saturated heterocycles. The highest BCUT2D eigenvalue weighted by Crippen LogP contribution is 2.34. The third kappa shape index (κ3) is 2.71. The predicted octanol–water partition coefficient (Wildman–Crippen LogP) is 3.29. The van der Waals surface area contributed by atoms with Crippen molar-refractivity contribution in [3.05, 3.63) is 22.8 Å². The van der Waals surface area contributed by atoms with Crippen molar-refractivity contribution in [2.45, 2.75) is 40.5 Å². The zero-order valence-corrected chi connectivity index (χ0v) is 10.2. The molecule has 0 spiro atoms. The highest BCUT2D eigenvalue weighted by atomic mass is 14.8. The van der Waals surface area contributed by atoms with Crippen molar-refractivity contribution in [1.82, 2.24) is 5.32 Å². The minimum atomic E-state index is 0.333. The Labute approximate surface area is 88.3 Å². The summed E-state index contributed by atoms with van der Waals surface area (Å²) in [5.74, 6) is 0. The smallest absolute Gasteiger partial charge is 0.0201 e. The van der Waals surface area contributed by atoms with E-state index in [1.165, 1.54) is 18.4 Å². The van der Waals surface area contributed by atoms with Crippen LogP contribution in [0, 0.1) is 5.41 Å². The van der Waals surface area contributed by atoms with E-state index in [9.17, 15) is 0 Å². The van der Waals surface area contributed by atoms with Crippen LogP contribution in [0.5, 0.6) is 0 Å². The van der Waals surface area contributed by atoms with Crippen LogP contribution in [0.15, 0.2) is 22.8 Å². The lowest BCUT2D eigenvalue weighted by Crippen LogP contribution is -2.17. The Morgan fingerprint density at radius 1 is 1.29 bits per heavy atom. The second-order valence-corrected chi connectivity index (χ2v) is 5.26. The lowest BCUT2D eigenvalue weighted by Gasteiger charge is -2.27. The molecule has 1 N–H and O–H groups in total. The average Bonchev–Trinajstić information content (AvgIpc) is 2.07. The molecule has 0 aliphatic heterocycles. The van der Waals surface area contributed by atoms with Gasteiger partial charge in [-0.15, -0.1) is 0 Å². The van der Waals surface area contributed by atoms with Gasteiger partial charge in [0.15, 0.2) is 0 Å². The second kappa shape index (κ2) is 4.31. The number of hydrogen-bond acceptors (Lipinski definition) is 1. The van der Waals surface area contributed by atoms with Gasteiger partial charge in [0.25, 0.3) is 0 Å². The summed E-state index contributed by atoms with van der Waals surface area (Å²) >= 11 is 0. The molecule has 1 heteroatoms. The van der Waals surface area contributed by atoms with Crippen molar-refractivity contribution in [2.24, 2.45) is 5.41 Å². The van der Waals surface area contributed by atoms with E-state index < -0.39 is 0 Å². The van der Waals surface area contributed by atoms with Gasteiger partial charge in [-0.3, -0.25) is 0 Å². The van der Waals surface area contributed by atoms with Gasteiger partial charge in [-0.05, 0) is 37.8 Å². The fourth-order valence-electron chi connectivity index (χ4n) is 1.87. The Balaban J connectivity index is 2.88. The van der Waals surface area contributed by atoms with Gasteiger partial charge in [-0.25, -0.2) is 0 Å². The van der Waals surface area contributed by atoms with Crippen molar-refractivity contribution in [3.8, 4) is 0 Å². The van der Waals surface area contributed by atoms with Gasteiger partial charge >= 0.3 is 0 Å². The van der Waals surface area contributed by atoms with E-state index in [4.69, 9.17) is 0 Å². The van der Waals surface area contributed by atoms with Crippen LogP contribution in [-0.4, -0.2) is 13.6 Å². The molecular weight excluding hydrogens is 170 g/mol. The predicted molar refractivity (Wildman–Crippen MR) is 63.4 cm³/mol. The van der Waals surface area contributed by atoms with E-state index in [0.29, 0.717) is 5.41 Å². The summed E-state index contributed by atoms with van der Waals surface area (Å²) in [6.07, 6.45) is 4.87. The summed E-state index contributed by atoms with van der Waals surface area (Å²) in [6.45, 7) is 10.2. The van der Waals surface area contributed by atoms with Crippen LogP contribution in [0.1, 0.15) is 40.5 Å². The fourth-order valence-corrected chi connectivity index (χ4v) is 1.87. The van der Waals surface area contributed by atoms with Crippen LogP contribution < -0.4 is 5.32 Å². The first-order chi connectivity index (χ1) is 6.45. The van der Waals surface area contributed by atoms with Crippen molar-refractivity contribution in [2.75, 3.05) is 13.6 Å². The van der Waals surface area contributed by atoms with Crippen LogP contribution in [0.3, 0.4) is 0 Å². The molecule has 0 aromatic carbocycles. The molecule has 0 aromatic heterocycles. The van der Waals surface area contributed by atoms with Crippen molar-refractivity contribution in [1.29, 1.82) is 0 Å². The van der Waals surface area contributed by atoms with Gasteiger partial charge in [0.1, 0.15) is 0 Å². The Morgan fingerprint density at radius 3 is 2.43 bits per heavy atom. The molecule has 0 fully saturated rings. The molecule has 1 rings (SSSR count). The molecule has 0 aromatic rings. The van der Waals surface area contributed by atoms with Crippen LogP contribution in [-0.2, 0) is 0 Å². The highest BCUT2D eigenvalue weighted by molar-refractivity contribution is 5.35. The summed E-state index contributed by atoms with van der Waals surface area (Å²) in [5.41, 5.74) is 4.96. The van der Waals surface area contributed by atoms with Gasteiger partial charge in [0.2, 0.25) is 0 Å². The van der Waals surface area contributed by atoms with Crippen molar-refractivity contribution < 1.29 is 0 Å². The van der Waals surface area contributed by atoms with Crippen LogP contribution >= 0.6 is 0 Å². The standard InChI is InChI=1S/C13H23N/c1-10-6-7-12(13(2,3)4)8-11(10)9-14-5/h8,14H,6-7,9H2,1-5H3. The van der Waals surface area contributed by atoms with E-state index in [-0.39, 0.29) is 0 Å². The van der Waals surface area contributed by atoms with Crippen LogP contribution in [0.4, 0.5) is 0 Å². The van der Waals surface area contributed by atoms with E-state index in [2.05, 4.69) is 39.1 Å². The van der Waals surface area contributed by atoms with Gasteiger partial charge < -0.3 is 5.32 Å². The molecule has 0 amide bonds. The molecule has 14 heavy (non-hydrogen) atoms. The number of rotatable bonds is 2. The minimum Gasteiger partial charge on any atom is -0.316 e. The number of allylic oxidation sites excluding steroid dienone is 2. The Bertz CT molecular complexity index is 263. The zero-order chi connectivity index (χ0) is 10.8. The summed E-state index contributed by atoms with van der Waals surface area (Å²) in [5, 5.41) is 3.24. The summed E-state index contributed by atoms with van der Waals surface area (Å²) < 4.78 is 0. The van der Waals surface area contributed by atoms with Crippen molar-refractivity contribution in [3.63, 3.8) is 0 Å². The molecule has 1 nitrogen and oxygen atoms in total. The van der Waals surface area contributed by atoms with Gasteiger partial charge in [-0.1, -0.05) is 38.0 Å². The topological polar surface area (TPSA) is 12.0 Å². The second-order valence-electron chi connectivity index (χ2n) is 5.26. The molecule has 0 radical (unpaired) electrons. The third-order valence-electron chi connectivity index (χ3n) is 3.00. The zero-order valence-electron chi connectivity index (χ0n) is 10.2. The highest BCUT2D eigenvalue weighted by Gasteiger charge is 2.20. The average molecular weight is 193 g/mol.